The summed E-state index contributed by atoms with van der Waals surface area (Å²) in [7, 11) is 0. The van der Waals surface area contributed by atoms with E-state index in [1.54, 1.807) is 24.3 Å². The van der Waals surface area contributed by atoms with Gasteiger partial charge < -0.3 is 15.4 Å². The molecule has 1 saturated heterocycles. The minimum atomic E-state index is -0.240. The summed E-state index contributed by atoms with van der Waals surface area (Å²) in [5.74, 6) is 0. The molecule has 2 rings (SSSR count). The van der Waals surface area contributed by atoms with Gasteiger partial charge in [-0.15, -0.1) is 0 Å². The topological polar surface area (TPSA) is 77.4 Å². The van der Waals surface area contributed by atoms with Crippen LogP contribution in [0.3, 0.4) is 0 Å². The number of nitriles is 1. The van der Waals surface area contributed by atoms with Crippen molar-refractivity contribution in [3.63, 3.8) is 0 Å². The van der Waals surface area contributed by atoms with E-state index >= 15 is 0 Å². The van der Waals surface area contributed by atoms with Crippen LogP contribution in [0.4, 0.5) is 10.5 Å². The molecule has 6 nitrogen and oxygen atoms in total. The van der Waals surface area contributed by atoms with E-state index in [1.807, 2.05) is 6.07 Å². The molecule has 0 spiro atoms. The monoisotopic (exact) mass is 316 g/mol. The third-order valence-electron chi connectivity index (χ3n) is 3.90. The lowest BCUT2D eigenvalue weighted by molar-refractivity contribution is -0.0777. The van der Waals surface area contributed by atoms with Gasteiger partial charge in [0.25, 0.3) is 0 Å². The molecule has 0 aromatic heterocycles. The van der Waals surface area contributed by atoms with Crippen LogP contribution in [-0.4, -0.2) is 48.8 Å². The molecule has 1 heterocycles. The van der Waals surface area contributed by atoms with Crippen LogP contribution in [0, 0.1) is 11.3 Å². The maximum absolute atomic E-state index is 12.0. The minimum absolute atomic E-state index is 0.216. The van der Waals surface area contributed by atoms with Crippen molar-refractivity contribution in [2.75, 3.05) is 25.0 Å². The summed E-state index contributed by atoms with van der Waals surface area (Å²) in [5, 5.41) is 14.4. The molecule has 0 aliphatic carbocycles. The number of hydrogen-bond acceptors (Lipinski definition) is 4. The van der Waals surface area contributed by atoms with Crippen LogP contribution in [0.2, 0.25) is 0 Å². The van der Waals surface area contributed by atoms with E-state index in [9.17, 15) is 4.79 Å². The fourth-order valence-corrected chi connectivity index (χ4v) is 2.75. The average molecular weight is 316 g/mol. The van der Waals surface area contributed by atoms with Crippen molar-refractivity contribution in [1.29, 1.82) is 5.26 Å². The predicted octanol–water partition coefficient (Wildman–Crippen LogP) is 2.18. The molecule has 0 radical (unpaired) electrons. The molecule has 0 saturated carbocycles. The van der Waals surface area contributed by atoms with E-state index in [-0.39, 0.29) is 24.3 Å². The molecule has 124 valence electrons. The second-order valence-corrected chi connectivity index (χ2v) is 6.08. The largest absolute Gasteiger partial charge is 0.373 e. The van der Waals surface area contributed by atoms with Crippen molar-refractivity contribution >= 4 is 11.7 Å². The summed E-state index contributed by atoms with van der Waals surface area (Å²) in [6.45, 7) is 8.57. The van der Waals surface area contributed by atoms with Crippen molar-refractivity contribution in [2.24, 2.45) is 0 Å². The maximum atomic E-state index is 12.0. The van der Waals surface area contributed by atoms with E-state index in [4.69, 9.17) is 10.00 Å². The molecule has 3 atom stereocenters. The van der Waals surface area contributed by atoms with Gasteiger partial charge in [0.05, 0.1) is 23.8 Å². The lowest BCUT2D eigenvalue weighted by Gasteiger charge is -2.38. The Kier molecular flexibility index (Phi) is 5.97. The van der Waals surface area contributed by atoms with Crippen LogP contribution in [-0.2, 0) is 4.74 Å². The summed E-state index contributed by atoms with van der Waals surface area (Å²) >= 11 is 0. The molecule has 0 unspecified atom stereocenters. The fraction of sp³-hybridized carbons (Fsp3) is 0.529. The van der Waals surface area contributed by atoms with Gasteiger partial charge in [-0.2, -0.15) is 5.26 Å². The van der Waals surface area contributed by atoms with Gasteiger partial charge >= 0.3 is 6.03 Å². The molecule has 1 aliphatic rings. The van der Waals surface area contributed by atoms with Crippen LogP contribution in [0.5, 0.6) is 0 Å². The molecule has 23 heavy (non-hydrogen) atoms. The highest BCUT2D eigenvalue weighted by molar-refractivity contribution is 5.89. The first-order valence-electron chi connectivity index (χ1n) is 7.92. The molecular formula is C17H24N4O2. The number of carbonyl (C=O) groups excluding carboxylic acids is 1. The number of rotatable bonds is 4. The fourth-order valence-electron chi connectivity index (χ4n) is 2.75. The Hall–Kier alpha value is -2.10. The van der Waals surface area contributed by atoms with E-state index in [2.05, 4.69) is 36.3 Å². The molecule has 1 fully saturated rings. The number of morpholine rings is 1. The van der Waals surface area contributed by atoms with Gasteiger partial charge in [0.15, 0.2) is 0 Å². The Balaban J connectivity index is 1.78. The normalized spacial score (nSPS) is 22.9. The zero-order chi connectivity index (χ0) is 16.8. The highest BCUT2D eigenvalue weighted by Crippen LogP contribution is 2.13. The van der Waals surface area contributed by atoms with Crippen molar-refractivity contribution in [3.8, 4) is 6.07 Å². The predicted molar refractivity (Wildman–Crippen MR) is 89.2 cm³/mol. The van der Waals surface area contributed by atoms with Crippen LogP contribution >= 0.6 is 0 Å². The third-order valence-corrected chi connectivity index (χ3v) is 3.90. The van der Waals surface area contributed by atoms with Gasteiger partial charge in [0.2, 0.25) is 0 Å². The Morgan fingerprint density at radius 2 is 1.96 bits per heavy atom. The van der Waals surface area contributed by atoms with Gasteiger partial charge in [-0.05, 0) is 45.0 Å². The molecule has 6 heteroatoms. The quantitative estimate of drug-likeness (QED) is 0.892. The lowest BCUT2D eigenvalue weighted by atomic mass is 10.2. The molecule has 2 N–H and O–H groups in total. The van der Waals surface area contributed by atoms with Crippen molar-refractivity contribution in [1.82, 2.24) is 10.2 Å². The second kappa shape index (κ2) is 7.95. The third kappa shape index (κ3) is 5.23. The van der Waals surface area contributed by atoms with Crippen LogP contribution in [0.15, 0.2) is 24.3 Å². The standard InChI is InChI=1S/C17H24N4O2/c1-12(21-10-13(2)23-14(3)11-21)9-19-17(22)20-16-6-4-15(8-18)5-7-16/h4-7,12-14H,9-11H2,1-3H3,(H2,19,20,22)/t12-,13-,14+/m0/s1. The van der Waals surface area contributed by atoms with Crippen LogP contribution in [0.1, 0.15) is 26.3 Å². The highest BCUT2D eigenvalue weighted by atomic mass is 16.5. The number of anilines is 1. The summed E-state index contributed by atoms with van der Waals surface area (Å²) < 4.78 is 5.73. The van der Waals surface area contributed by atoms with Crippen molar-refractivity contribution in [2.45, 2.75) is 39.0 Å². The molecule has 1 aliphatic heterocycles. The SMILES string of the molecule is C[C@@H]1CN([C@@H](C)CNC(=O)Nc2ccc(C#N)cc2)C[C@H](C)O1. The number of nitrogens with one attached hydrogen (secondary N) is 2. The number of ether oxygens (including phenoxy) is 1. The molecule has 2 amide bonds. The lowest BCUT2D eigenvalue weighted by Crippen LogP contribution is -2.52. The van der Waals surface area contributed by atoms with Gasteiger partial charge in [-0.1, -0.05) is 0 Å². The summed E-state index contributed by atoms with van der Waals surface area (Å²) in [6.07, 6.45) is 0.433. The zero-order valence-corrected chi connectivity index (χ0v) is 13.9. The second-order valence-electron chi connectivity index (χ2n) is 6.08. The van der Waals surface area contributed by atoms with Crippen molar-refractivity contribution < 1.29 is 9.53 Å². The first-order valence-corrected chi connectivity index (χ1v) is 7.92. The number of nitrogens with zero attached hydrogens (tertiary/aromatic N) is 2. The number of urea groups is 1. The Morgan fingerprint density at radius 3 is 2.52 bits per heavy atom. The number of hydrogen-bond donors (Lipinski definition) is 2. The van der Waals surface area contributed by atoms with E-state index in [1.165, 1.54) is 0 Å². The van der Waals surface area contributed by atoms with Gasteiger partial charge in [0.1, 0.15) is 0 Å². The van der Waals surface area contributed by atoms with E-state index in [0.717, 1.165) is 13.1 Å². The number of amides is 2. The van der Waals surface area contributed by atoms with Crippen molar-refractivity contribution in [3.05, 3.63) is 29.8 Å². The first-order chi connectivity index (χ1) is 11.0. The Morgan fingerprint density at radius 1 is 1.35 bits per heavy atom. The van der Waals surface area contributed by atoms with E-state index < -0.39 is 0 Å². The van der Waals surface area contributed by atoms with Gasteiger partial charge in [0, 0.05) is 31.4 Å². The van der Waals surface area contributed by atoms with E-state index in [0.29, 0.717) is 17.8 Å². The average Bonchev–Trinajstić information content (AvgIpc) is 2.52. The smallest absolute Gasteiger partial charge is 0.319 e. The maximum Gasteiger partial charge on any atom is 0.319 e. The molecule has 1 aromatic rings. The van der Waals surface area contributed by atoms with Gasteiger partial charge in [-0.25, -0.2) is 4.79 Å². The molecule has 0 bridgehead atoms. The summed E-state index contributed by atoms with van der Waals surface area (Å²) in [6, 6.07) is 8.83. The highest BCUT2D eigenvalue weighted by Gasteiger charge is 2.25. The molecule has 1 aromatic carbocycles. The zero-order valence-electron chi connectivity index (χ0n) is 13.9. The van der Waals surface area contributed by atoms with Crippen LogP contribution < -0.4 is 10.6 Å². The molecular weight excluding hydrogens is 292 g/mol. The number of benzene rings is 1. The Labute approximate surface area is 137 Å². The van der Waals surface area contributed by atoms with Crippen LogP contribution in [0.25, 0.3) is 0 Å². The summed E-state index contributed by atoms with van der Waals surface area (Å²) in [5.41, 5.74) is 1.24. The first kappa shape index (κ1) is 17.3. The minimum Gasteiger partial charge on any atom is -0.373 e. The van der Waals surface area contributed by atoms with Gasteiger partial charge in [-0.3, -0.25) is 4.90 Å². The summed E-state index contributed by atoms with van der Waals surface area (Å²) in [4.78, 5) is 14.3. The number of carbonyl (C=O) groups is 1. The Bertz CT molecular complexity index is 557.